The first-order valence-corrected chi connectivity index (χ1v) is 7.50. The van der Waals surface area contributed by atoms with Gasteiger partial charge in [-0.05, 0) is 6.07 Å². The molecule has 0 bridgehead atoms. The van der Waals surface area contributed by atoms with Crippen LogP contribution < -0.4 is 5.32 Å². The van der Waals surface area contributed by atoms with Crippen molar-refractivity contribution in [3.63, 3.8) is 0 Å². The van der Waals surface area contributed by atoms with E-state index in [-0.39, 0.29) is 16.6 Å². The zero-order valence-electron chi connectivity index (χ0n) is 11.4. The third-order valence-electron chi connectivity index (χ3n) is 2.88. The van der Waals surface area contributed by atoms with Crippen molar-refractivity contribution in [3.05, 3.63) is 52.5 Å². The lowest BCUT2D eigenvalue weighted by atomic mass is 10.2. The zero-order chi connectivity index (χ0) is 15.7. The number of aromatic nitrogens is 3. The SMILES string of the molecule is Cn1cc(NC(=O)c2csc(-c3cccc(F)c3Cl)n2)cn1. The second-order valence-corrected chi connectivity index (χ2v) is 5.73. The number of hydrogen-bond donors (Lipinski definition) is 1. The Morgan fingerprint density at radius 1 is 1.45 bits per heavy atom. The van der Waals surface area contributed by atoms with E-state index in [1.54, 1.807) is 35.4 Å². The Labute approximate surface area is 134 Å². The zero-order valence-corrected chi connectivity index (χ0v) is 13.0. The van der Waals surface area contributed by atoms with Gasteiger partial charge in [0.1, 0.15) is 16.5 Å². The summed E-state index contributed by atoms with van der Waals surface area (Å²) in [6.07, 6.45) is 3.21. The Kier molecular flexibility index (Phi) is 3.91. The standard InChI is InChI=1S/C14H10ClFN4OS/c1-20-6-8(5-17-20)18-13(21)11-7-22-14(19-11)9-3-2-4-10(16)12(9)15/h2-7H,1H3,(H,18,21). The lowest BCUT2D eigenvalue weighted by Gasteiger charge is -2.01. The molecule has 1 aromatic carbocycles. The molecule has 0 aliphatic carbocycles. The lowest BCUT2D eigenvalue weighted by Crippen LogP contribution is -2.11. The fourth-order valence-electron chi connectivity index (χ4n) is 1.85. The number of amides is 1. The van der Waals surface area contributed by atoms with Crippen LogP contribution in [-0.2, 0) is 7.05 Å². The maximum absolute atomic E-state index is 13.5. The second kappa shape index (κ2) is 5.86. The molecule has 112 valence electrons. The highest BCUT2D eigenvalue weighted by Gasteiger charge is 2.15. The monoisotopic (exact) mass is 336 g/mol. The minimum absolute atomic E-state index is 0.00364. The number of nitrogens with zero attached hydrogens (tertiary/aromatic N) is 3. The number of benzene rings is 1. The van der Waals surface area contributed by atoms with Gasteiger partial charge in [-0.15, -0.1) is 11.3 Å². The minimum atomic E-state index is -0.518. The van der Waals surface area contributed by atoms with Crippen molar-refractivity contribution >= 4 is 34.5 Å². The van der Waals surface area contributed by atoms with Crippen LogP contribution in [0.1, 0.15) is 10.5 Å². The molecule has 0 spiro atoms. The van der Waals surface area contributed by atoms with Crippen LogP contribution >= 0.6 is 22.9 Å². The molecule has 0 unspecified atom stereocenters. The molecule has 22 heavy (non-hydrogen) atoms. The number of nitrogens with one attached hydrogen (secondary N) is 1. The van der Waals surface area contributed by atoms with E-state index >= 15 is 0 Å². The molecule has 5 nitrogen and oxygen atoms in total. The van der Waals surface area contributed by atoms with Gasteiger partial charge < -0.3 is 5.32 Å². The fraction of sp³-hybridized carbons (Fsp3) is 0.0714. The summed E-state index contributed by atoms with van der Waals surface area (Å²) < 4.78 is 15.1. The van der Waals surface area contributed by atoms with E-state index in [1.807, 2.05) is 0 Å². The molecule has 0 aliphatic heterocycles. The summed E-state index contributed by atoms with van der Waals surface area (Å²) in [5.41, 5.74) is 1.28. The van der Waals surface area contributed by atoms with Gasteiger partial charge in [0.05, 0.1) is 16.9 Å². The van der Waals surface area contributed by atoms with Crippen LogP contribution in [0.5, 0.6) is 0 Å². The quantitative estimate of drug-likeness (QED) is 0.795. The summed E-state index contributed by atoms with van der Waals surface area (Å²) in [4.78, 5) is 16.3. The molecule has 0 fully saturated rings. The topological polar surface area (TPSA) is 59.8 Å². The van der Waals surface area contributed by atoms with Gasteiger partial charge in [0.15, 0.2) is 0 Å². The van der Waals surface area contributed by atoms with Crippen LogP contribution in [0.25, 0.3) is 10.6 Å². The summed E-state index contributed by atoms with van der Waals surface area (Å²) in [5.74, 6) is -0.876. The van der Waals surface area contributed by atoms with E-state index in [0.29, 0.717) is 16.3 Å². The van der Waals surface area contributed by atoms with E-state index in [0.717, 1.165) is 0 Å². The number of carbonyl (C=O) groups excluding carboxylic acids is 1. The highest BCUT2D eigenvalue weighted by molar-refractivity contribution is 7.13. The van der Waals surface area contributed by atoms with Crippen molar-refractivity contribution in [2.24, 2.45) is 7.05 Å². The van der Waals surface area contributed by atoms with Crippen molar-refractivity contribution < 1.29 is 9.18 Å². The number of anilines is 1. The van der Waals surface area contributed by atoms with E-state index in [1.165, 1.54) is 23.6 Å². The molecule has 3 aromatic rings. The van der Waals surface area contributed by atoms with Gasteiger partial charge in [-0.2, -0.15) is 5.10 Å². The molecule has 0 atom stereocenters. The van der Waals surface area contributed by atoms with Crippen molar-refractivity contribution in [1.82, 2.24) is 14.8 Å². The molecule has 1 amide bonds. The summed E-state index contributed by atoms with van der Waals surface area (Å²) in [6, 6.07) is 4.48. The average Bonchev–Trinajstić information content (AvgIpc) is 3.11. The highest BCUT2D eigenvalue weighted by atomic mass is 35.5. The Morgan fingerprint density at radius 2 is 2.27 bits per heavy atom. The van der Waals surface area contributed by atoms with Crippen molar-refractivity contribution in [3.8, 4) is 10.6 Å². The van der Waals surface area contributed by atoms with Crippen LogP contribution in [0.2, 0.25) is 5.02 Å². The van der Waals surface area contributed by atoms with Crippen LogP contribution in [0.4, 0.5) is 10.1 Å². The Hall–Kier alpha value is -2.25. The molecule has 8 heteroatoms. The number of hydrogen-bond acceptors (Lipinski definition) is 4. The summed E-state index contributed by atoms with van der Waals surface area (Å²) >= 11 is 7.15. The normalized spacial score (nSPS) is 10.7. The van der Waals surface area contributed by atoms with Crippen LogP contribution in [-0.4, -0.2) is 20.7 Å². The van der Waals surface area contributed by atoms with E-state index < -0.39 is 5.82 Å². The van der Waals surface area contributed by atoms with E-state index in [9.17, 15) is 9.18 Å². The van der Waals surface area contributed by atoms with Gasteiger partial charge in [-0.1, -0.05) is 23.7 Å². The molecule has 2 heterocycles. The third-order valence-corrected chi connectivity index (χ3v) is 4.14. The molecule has 0 saturated heterocycles. The molecule has 3 rings (SSSR count). The Bertz CT molecular complexity index is 845. The number of thiazole rings is 1. The van der Waals surface area contributed by atoms with Crippen LogP contribution in [0.3, 0.4) is 0 Å². The lowest BCUT2D eigenvalue weighted by molar-refractivity contribution is 0.102. The average molecular weight is 337 g/mol. The Morgan fingerprint density at radius 3 is 3.00 bits per heavy atom. The molecule has 0 radical (unpaired) electrons. The summed E-state index contributed by atoms with van der Waals surface area (Å²) in [7, 11) is 1.75. The fourth-order valence-corrected chi connectivity index (χ4v) is 2.95. The number of carbonyl (C=O) groups is 1. The van der Waals surface area contributed by atoms with E-state index in [2.05, 4.69) is 15.4 Å². The van der Waals surface area contributed by atoms with Crippen molar-refractivity contribution in [1.29, 1.82) is 0 Å². The highest BCUT2D eigenvalue weighted by Crippen LogP contribution is 2.32. The third kappa shape index (κ3) is 2.86. The van der Waals surface area contributed by atoms with Gasteiger partial charge in [0, 0.05) is 24.2 Å². The second-order valence-electron chi connectivity index (χ2n) is 4.50. The van der Waals surface area contributed by atoms with E-state index in [4.69, 9.17) is 11.6 Å². The van der Waals surface area contributed by atoms with Gasteiger partial charge in [0.2, 0.25) is 0 Å². The number of halogens is 2. The Balaban J connectivity index is 1.84. The number of aryl methyl sites for hydroxylation is 1. The summed E-state index contributed by atoms with van der Waals surface area (Å²) in [5, 5.41) is 8.73. The van der Waals surface area contributed by atoms with Crippen LogP contribution in [0.15, 0.2) is 36.0 Å². The predicted octanol–water partition coefficient (Wildman–Crippen LogP) is 3.59. The summed E-state index contributed by atoms with van der Waals surface area (Å²) in [6.45, 7) is 0. The first-order valence-electron chi connectivity index (χ1n) is 6.24. The van der Waals surface area contributed by atoms with Gasteiger partial charge in [-0.3, -0.25) is 9.48 Å². The molecule has 2 aromatic heterocycles. The minimum Gasteiger partial charge on any atom is -0.318 e. The van der Waals surface area contributed by atoms with Gasteiger partial charge >= 0.3 is 0 Å². The largest absolute Gasteiger partial charge is 0.318 e. The van der Waals surface area contributed by atoms with Gasteiger partial charge in [-0.25, -0.2) is 9.37 Å². The maximum atomic E-state index is 13.5. The van der Waals surface area contributed by atoms with Crippen molar-refractivity contribution in [2.75, 3.05) is 5.32 Å². The smallest absolute Gasteiger partial charge is 0.275 e. The van der Waals surface area contributed by atoms with Crippen molar-refractivity contribution in [2.45, 2.75) is 0 Å². The molecular formula is C14H10ClFN4OS. The molecule has 1 N–H and O–H groups in total. The van der Waals surface area contributed by atoms with Gasteiger partial charge in [0.25, 0.3) is 5.91 Å². The van der Waals surface area contributed by atoms with Crippen LogP contribution in [0, 0.1) is 5.82 Å². The first-order chi connectivity index (χ1) is 10.5. The molecule has 0 aliphatic rings. The first kappa shape index (κ1) is 14.7. The predicted molar refractivity (Wildman–Crippen MR) is 83.7 cm³/mol. The molecular weight excluding hydrogens is 327 g/mol. The number of rotatable bonds is 3. The molecule has 0 saturated carbocycles. The maximum Gasteiger partial charge on any atom is 0.275 e.